The molecule has 0 radical (unpaired) electrons. The van der Waals surface area contributed by atoms with E-state index in [1.165, 1.54) is 19.3 Å². The monoisotopic (exact) mass is 389 g/mol. The van der Waals surface area contributed by atoms with Gasteiger partial charge < -0.3 is 15.7 Å². The van der Waals surface area contributed by atoms with Gasteiger partial charge in [-0.05, 0) is 55.2 Å². The molecule has 1 saturated carbocycles. The van der Waals surface area contributed by atoms with Gasteiger partial charge in [0.05, 0.1) is 11.9 Å². The third-order valence-corrected chi connectivity index (χ3v) is 5.63. The predicted octanol–water partition coefficient (Wildman–Crippen LogP) is 4.98. The molecular weight excluding hydrogens is 362 g/mol. The van der Waals surface area contributed by atoms with Crippen molar-refractivity contribution < 1.29 is 9.90 Å². The summed E-state index contributed by atoms with van der Waals surface area (Å²) >= 11 is 0. The lowest BCUT2D eigenvalue weighted by Crippen LogP contribution is -2.37. The minimum absolute atomic E-state index is 0.0819. The van der Waals surface area contributed by atoms with E-state index in [1.54, 1.807) is 18.3 Å². The number of amides is 1. The Morgan fingerprint density at radius 2 is 1.90 bits per heavy atom. The van der Waals surface area contributed by atoms with Gasteiger partial charge in [-0.1, -0.05) is 31.4 Å². The lowest BCUT2D eigenvalue weighted by atomic mass is 9.95. The fourth-order valence-electron chi connectivity index (χ4n) is 4.01. The first kappa shape index (κ1) is 19.2. The number of hydrogen-bond acceptors (Lipinski definition) is 4. The number of aromatic hydroxyl groups is 1. The second-order valence-corrected chi connectivity index (χ2v) is 7.91. The number of fused-ring (bicyclic) bond motifs is 1. The first-order chi connectivity index (χ1) is 14.1. The van der Waals surface area contributed by atoms with Gasteiger partial charge in [-0.15, -0.1) is 0 Å². The quantitative estimate of drug-likeness (QED) is 0.575. The number of benzene rings is 2. The minimum Gasteiger partial charge on any atom is -0.508 e. The predicted molar refractivity (Wildman–Crippen MR) is 117 cm³/mol. The molecular formula is C24H27N3O2. The van der Waals surface area contributed by atoms with Crippen LogP contribution in [0.1, 0.15) is 43.2 Å². The van der Waals surface area contributed by atoms with Crippen molar-refractivity contribution in [2.75, 3.05) is 5.32 Å². The summed E-state index contributed by atoms with van der Waals surface area (Å²) in [4.78, 5) is 17.0. The molecule has 0 aliphatic heterocycles. The van der Waals surface area contributed by atoms with Crippen LogP contribution in [0.25, 0.3) is 10.9 Å². The molecule has 0 saturated heterocycles. The largest absolute Gasteiger partial charge is 0.508 e. The number of hydrogen-bond donors (Lipinski definition) is 3. The Bertz CT molecular complexity index is 1030. The van der Waals surface area contributed by atoms with Crippen LogP contribution in [0.3, 0.4) is 0 Å². The smallest absolute Gasteiger partial charge is 0.224 e. The van der Waals surface area contributed by atoms with Crippen LogP contribution in [0.2, 0.25) is 0 Å². The third-order valence-electron chi connectivity index (χ3n) is 5.63. The molecule has 1 amide bonds. The first-order valence-electron chi connectivity index (χ1n) is 10.3. The summed E-state index contributed by atoms with van der Waals surface area (Å²) in [5.41, 5.74) is 4.62. The Morgan fingerprint density at radius 1 is 1.07 bits per heavy atom. The number of aromatic nitrogens is 1. The Balaban J connectivity index is 1.55. The van der Waals surface area contributed by atoms with Crippen molar-refractivity contribution in [2.45, 2.75) is 51.5 Å². The Morgan fingerprint density at radius 3 is 2.72 bits per heavy atom. The molecule has 0 spiro atoms. The third kappa shape index (κ3) is 4.67. The summed E-state index contributed by atoms with van der Waals surface area (Å²) in [5.74, 6) is 0.301. The second kappa shape index (κ2) is 8.52. The molecule has 150 valence electrons. The van der Waals surface area contributed by atoms with E-state index in [0.717, 1.165) is 46.2 Å². The van der Waals surface area contributed by atoms with Crippen LogP contribution in [0.15, 0.2) is 48.7 Å². The van der Waals surface area contributed by atoms with Crippen LogP contribution in [-0.2, 0) is 11.2 Å². The zero-order valence-electron chi connectivity index (χ0n) is 16.7. The van der Waals surface area contributed by atoms with E-state index in [4.69, 9.17) is 0 Å². The van der Waals surface area contributed by atoms with Crippen molar-refractivity contribution in [3.8, 4) is 5.75 Å². The molecule has 1 fully saturated rings. The molecule has 4 rings (SSSR count). The highest BCUT2D eigenvalue weighted by Gasteiger charge is 2.16. The topological polar surface area (TPSA) is 74.2 Å². The number of nitrogens with zero attached hydrogens (tertiary/aromatic N) is 1. The summed E-state index contributed by atoms with van der Waals surface area (Å²) in [5, 5.41) is 17.4. The van der Waals surface area contributed by atoms with Crippen LogP contribution < -0.4 is 10.6 Å². The highest BCUT2D eigenvalue weighted by Crippen LogP contribution is 2.29. The maximum absolute atomic E-state index is 12.5. The summed E-state index contributed by atoms with van der Waals surface area (Å²) < 4.78 is 0. The van der Waals surface area contributed by atoms with E-state index in [1.807, 2.05) is 37.3 Å². The maximum atomic E-state index is 12.5. The summed E-state index contributed by atoms with van der Waals surface area (Å²) in [6.07, 6.45) is 7.99. The van der Waals surface area contributed by atoms with Crippen LogP contribution in [0.4, 0.5) is 11.4 Å². The number of nitrogens with one attached hydrogen (secondary N) is 2. The molecule has 5 nitrogen and oxygen atoms in total. The number of carbonyl (C=O) groups excluding carboxylic acids is 1. The number of carbonyl (C=O) groups is 1. The minimum atomic E-state index is 0.0819. The molecule has 0 atom stereocenters. The van der Waals surface area contributed by atoms with Gasteiger partial charge in [-0.3, -0.25) is 9.78 Å². The summed E-state index contributed by atoms with van der Waals surface area (Å²) in [6, 6.07) is 13.5. The molecule has 1 aliphatic carbocycles. The number of anilines is 2. The van der Waals surface area contributed by atoms with E-state index in [-0.39, 0.29) is 11.7 Å². The average molecular weight is 389 g/mol. The van der Waals surface area contributed by atoms with Gasteiger partial charge in [0, 0.05) is 35.1 Å². The van der Waals surface area contributed by atoms with Crippen molar-refractivity contribution in [3.05, 3.63) is 59.8 Å². The van der Waals surface area contributed by atoms with Crippen molar-refractivity contribution in [1.29, 1.82) is 0 Å². The maximum Gasteiger partial charge on any atom is 0.224 e. The zero-order valence-corrected chi connectivity index (χ0v) is 16.7. The Labute approximate surface area is 171 Å². The Hall–Kier alpha value is -3.08. The van der Waals surface area contributed by atoms with Crippen LogP contribution >= 0.6 is 0 Å². The van der Waals surface area contributed by atoms with Gasteiger partial charge in [-0.2, -0.15) is 0 Å². The number of pyridine rings is 1. The molecule has 0 unspecified atom stereocenters. The molecule has 1 aliphatic rings. The normalized spacial score (nSPS) is 14.7. The highest BCUT2D eigenvalue weighted by molar-refractivity contribution is 5.94. The van der Waals surface area contributed by atoms with Gasteiger partial charge in [0.1, 0.15) is 5.75 Å². The molecule has 1 aromatic heterocycles. The standard InChI is InChI=1S/C24H27N3O2/c1-16-7-9-19(28)15-23(16)27-22-11-12-25-21-10-8-17(13-20(21)22)14-24(29)26-18-5-3-2-4-6-18/h7-13,15,18,28H,2-6,14H2,1H3,(H,25,27)(H,26,29). The zero-order chi connectivity index (χ0) is 20.2. The number of rotatable bonds is 5. The number of aryl methyl sites for hydroxylation is 1. The molecule has 5 heteroatoms. The van der Waals surface area contributed by atoms with Crippen LogP contribution in [0, 0.1) is 6.92 Å². The molecule has 0 bridgehead atoms. The van der Waals surface area contributed by atoms with E-state index in [2.05, 4.69) is 15.6 Å². The highest BCUT2D eigenvalue weighted by atomic mass is 16.3. The second-order valence-electron chi connectivity index (χ2n) is 7.91. The van der Waals surface area contributed by atoms with Crippen LogP contribution in [-0.4, -0.2) is 22.0 Å². The average Bonchev–Trinajstić information content (AvgIpc) is 2.72. The van der Waals surface area contributed by atoms with E-state index in [9.17, 15) is 9.90 Å². The van der Waals surface area contributed by atoms with Gasteiger partial charge >= 0.3 is 0 Å². The fraction of sp³-hybridized carbons (Fsp3) is 0.333. The first-order valence-corrected chi connectivity index (χ1v) is 10.3. The lowest BCUT2D eigenvalue weighted by Gasteiger charge is -2.22. The van der Waals surface area contributed by atoms with Crippen LogP contribution in [0.5, 0.6) is 5.75 Å². The summed E-state index contributed by atoms with van der Waals surface area (Å²) in [6.45, 7) is 1.99. The van der Waals surface area contributed by atoms with Crippen molar-refractivity contribution in [2.24, 2.45) is 0 Å². The molecule has 1 heterocycles. The molecule has 3 N–H and O–H groups in total. The van der Waals surface area contributed by atoms with E-state index < -0.39 is 0 Å². The molecule has 3 aromatic rings. The van der Waals surface area contributed by atoms with Gasteiger partial charge in [-0.25, -0.2) is 0 Å². The molecule has 29 heavy (non-hydrogen) atoms. The lowest BCUT2D eigenvalue weighted by molar-refractivity contribution is -0.121. The number of phenolic OH excluding ortho intramolecular Hbond substituents is 1. The van der Waals surface area contributed by atoms with Gasteiger partial charge in [0.25, 0.3) is 0 Å². The van der Waals surface area contributed by atoms with Crippen molar-refractivity contribution in [3.63, 3.8) is 0 Å². The fourth-order valence-corrected chi connectivity index (χ4v) is 4.01. The van der Waals surface area contributed by atoms with Gasteiger partial charge in [0.2, 0.25) is 5.91 Å². The summed E-state index contributed by atoms with van der Waals surface area (Å²) in [7, 11) is 0. The molecule has 2 aromatic carbocycles. The Kier molecular flexibility index (Phi) is 5.65. The number of phenols is 1. The van der Waals surface area contributed by atoms with Crippen molar-refractivity contribution >= 4 is 28.2 Å². The van der Waals surface area contributed by atoms with E-state index >= 15 is 0 Å². The SMILES string of the molecule is Cc1ccc(O)cc1Nc1ccnc2ccc(CC(=O)NC3CCCCC3)cc12. The van der Waals surface area contributed by atoms with E-state index in [0.29, 0.717) is 12.5 Å². The van der Waals surface area contributed by atoms with Gasteiger partial charge in [0.15, 0.2) is 0 Å². The van der Waals surface area contributed by atoms with Crippen molar-refractivity contribution in [1.82, 2.24) is 10.3 Å².